The second-order valence-electron chi connectivity index (χ2n) is 19.2. The molecule has 1 atom stereocenters. The zero-order valence-electron chi connectivity index (χ0n) is 38.9. The lowest BCUT2D eigenvalue weighted by Gasteiger charge is -2.22. The molecule has 0 radical (unpaired) electrons. The molecule has 0 saturated heterocycles. The molecule has 0 aliphatic heterocycles. The third-order valence-corrected chi connectivity index (χ3v) is 16.0. The lowest BCUT2D eigenvalue weighted by atomic mass is 9.81. The van der Waals surface area contributed by atoms with Crippen LogP contribution in [0.15, 0.2) is 182 Å². The van der Waals surface area contributed by atoms with Gasteiger partial charge in [0.05, 0.1) is 34.1 Å². The van der Waals surface area contributed by atoms with Crippen molar-refractivity contribution >= 4 is 97.4 Å². The third kappa shape index (κ3) is 5.59. The normalized spacial score (nSPS) is 12.1. The Hall–Kier alpha value is -9.29. The van der Waals surface area contributed by atoms with Crippen molar-refractivity contribution in [3.8, 4) is 100 Å². The summed E-state index contributed by atoms with van der Waals surface area (Å²) in [5.74, 6) is 0. The molecule has 0 heterocycles. The summed E-state index contributed by atoms with van der Waals surface area (Å²) in [6.45, 7) is 0. The molecular weight excluding hydrogens is 898 g/mol. The molecule has 342 valence electrons. The van der Waals surface area contributed by atoms with E-state index in [1.165, 1.54) is 0 Å². The minimum Gasteiger partial charge on any atom is -0.398 e. The zero-order valence-corrected chi connectivity index (χ0v) is 40.1. The van der Waals surface area contributed by atoms with Crippen molar-refractivity contribution in [1.82, 2.24) is 0 Å². The average Bonchev–Trinajstić information content (AvgIpc) is 3.90. The Bertz CT molecular complexity index is 4370. The van der Waals surface area contributed by atoms with Gasteiger partial charge >= 0.3 is 0 Å². The Kier molecular flexibility index (Phi) is 8.74. The first-order valence-corrected chi connectivity index (χ1v) is 24.6. The third-order valence-electron chi connectivity index (χ3n) is 15.4. The highest BCUT2D eigenvalue weighted by atomic mass is 31.0. The van der Waals surface area contributed by atoms with Gasteiger partial charge in [0.15, 0.2) is 0 Å². The van der Waals surface area contributed by atoms with Crippen LogP contribution >= 0.6 is 9.24 Å². The summed E-state index contributed by atoms with van der Waals surface area (Å²) in [7, 11) is 3.02. The van der Waals surface area contributed by atoms with E-state index in [0.717, 1.165) is 143 Å². The number of nitrogens with two attached hydrogens (primary N) is 7. The molecule has 0 bridgehead atoms. The van der Waals surface area contributed by atoms with E-state index in [0.29, 0.717) is 45.2 Å². The Morgan fingerprint density at radius 1 is 0.236 bits per heavy atom. The quantitative estimate of drug-likeness (QED) is 0.0662. The highest BCUT2D eigenvalue weighted by Crippen LogP contribution is 2.62. The summed E-state index contributed by atoms with van der Waals surface area (Å²) < 4.78 is 0. The van der Waals surface area contributed by atoms with Crippen LogP contribution in [-0.4, -0.2) is 0 Å². The molecule has 0 spiro atoms. The van der Waals surface area contributed by atoms with Crippen LogP contribution in [0.25, 0.3) is 143 Å². The van der Waals surface area contributed by atoms with Gasteiger partial charge < -0.3 is 40.1 Å². The molecule has 0 amide bonds. The summed E-state index contributed by atoms with van der Waals surface area (Å²) in [5.41, 5.74) is 70.8. The number of fused-ring (bicyclic) bond motifs is 8. The second-order valence-corrected chi connectivity index (χ2v) is 19.8. The molecule has 0 aromatic heterocycles. The fourth-order valence-electron chi connectivity index (χ4n) is 12.3. The SMILES string of the molecule is Nc1cc2c(-c3ccccc3)c3c(c(-c4ccccc4)c2cc1N)-c1cc(N)c(P)c2c(-c4ccc5c(-c6ccccc6)c6c(c(-c7ccccc7)c5c4)-c4cc(N)c(N)c5c(N)c(N)cc-6c45)ccc-3c12. The zero-order chi connectivity index (χ0) is 48.8. The van der Waals surface area contributed by atoms with E-state index in [1.54, 1.807) is 0 Å². The topological polar surface area (TPSA) is 182 Å². The minimum atomic E-state index is 0.428. The molecular formula is C64H46N7P. The van der Waals surface area contributed by atoms with Crippen molar-refractivity contribution in [2.24, 2.45) is 0 Å². The van der Waals surface area contributed by atoms with E-state index in [4.69, 9.17) is 40.1 Å². The Balaban J connectivity index is 1.12. The predicted molar refractivity (Wildman–Crippen MR) is 313 cm³/mol. The summed E-state index contributed by atoms with van der Waals surface area (Å²) in [6.07, 6.45) is 0. The van der Waals surface area contributed by atoms with Crippen molar-refractivity contribution in [2.75, 3.05) is 40.1 Å². The second kappa shape index (κ2) is 15.1. The van der Waals surface area contributed by atoms with Crippen molar-refractivity contribution in [3.05, 3.63) is 182 Å². The van der Waals surface area contributed by atoms with E-state index in [1.807, 2.05) is 18.2 Å². The van der Waals surface area contributed by atoms with Crippen LogP contribution < -0.4 is 45.4 Å². The largest absolute Gasteiger partial charge is 0.398 e. The van der Waals surface area contributed by atoms with Crippen LogP contribution in [0, 0.1) is 0 Å². The van der Waals surface area contributed by atoms with Crippen LogP contribution in [0.2, 0.25) is 0 Å². The smallest absolute Gasteiger partial charge is 0.0649 e. The van der Waals surface area contributed by atoms with Gasteiger partial charge in [-0.25, -0.2) is 0 Å². The number of nitrogen functional groups attached to an aromatic ring is 7. The van der Waals surface area contributed by atoms with Crippen molar-refractivity contribution in [3.63, 3.8) is 0 Å². The molecule has 0 fully saturated rings. The van der Waals surface area contributed by atoms with Gasteiger partial charge in [-0.05, 0) is 169 Å². The van der Waals surface area contributed by atoms with Crippen molar-refractivity contribution in [2.45, 2.75) is 0 Å². The standard InChI is InChI=1S/C64H46N7P/c65-45-26-40-41(27-46(45)66)53(34-19-11-4-12-20-34)58-44-30-49(69)64(72)60-36(23-24-38(54(44)60)56(58)52(40)33-17-9-3-10-18-33)35-21-22-37-39(25-35)51(32-15-7-2-8-16-32)59-43-29-48(68)63(71)61-55(43)42(28-47(67)62(61)70)57(59)50(37)31-13-5-1-6-14-31/h1-30H,65-72H2. The monoisotopic (exact) mass is 943 g/mol. The number of benzene rings is 12. The van der Waals surface area contributed by atoms with E-state index < -0.39 is 0 Å². The van der Waals surface area contributed by atoms with Gasteiger partial charge in [-0.1, -0.05) is 146 Å². The molecule has 0 saturated carbocycles. The van der Waals surface area contributed by atoms with Gasteiger partial charge in [0, 0.05) is 21.8 Å². The maximum absolute atomic E-state index is 7.25. The fraction of sp³-hybridized carbons (Fsp3) is 0. The highest BCUT2D eigenvalue weighted by molar-refractivity contribution is 7.29. The predicted octanol–water partition coefficient (Wildman–Crippen LogP) is 14.5. The summed E-state index contributed by atoms with van der Waals surface area (Å²) in [5, 5.41) is 9.01. The summed E-state index contributed by atoms with van der Waals surface area (Å²) >= 11 is 0. The van der Waals surface area contributed by atoms with Gasteiger partial charge in [0.2, 0.25) is 0 Å². The first kappa shape index (κ1) is 41.7. The molecule has 8 heteroatoms. The lowest BCUT2D eigenvalue weighted by Crippen LogP contribution is -2.05. The average molecular weight is 944 g/mol. The number of anilines is 7. The van der Waals surface area contributed by atoms with E-state index in [2.05, 4.69) is 173 Å². The molecule has 7 nitrogen and oxygen atoms in total. The summed E-state index contributed by atoms with van der Waals surface area (Å²) in [6, 6.07) is 64.2. The molecule has 14 rings (SSSR count). The maximum Gasteiger partial charge on any atom is 0.0649 e. The van der Waals surface area contributed by atoms with E-state index in [9.17, 15) is 0 Å². The highest BCUT2D eigenvalue weighted by Gasteiger charge is 2.35. The number of hydrogen-bond acceptors (Lipinski definition) is 7. The molecule has 12 aromatic carbocycles. The number of rotatable bonds is 5. The molecule has 72 heavy (non-hydrogen) atoms. The Labute approximate surface area is 417 Å². The number of hydrogen-bond donors (Lipinski definition) is 7. The van der Waals surface area contributed by atoms with Gasteiger partial charge in [0.1, 0.15) is 0 Å². The molecule has 12 aromatic rings. The summed E-state index contributed by atoms with van der Waals surface area (Å²) in [4.78, 5) is 0. The van der Waals surface area contributed by atoms with Gasteiger partial charge in [0.25, 0.3) is 0 Å². The van der Waals surface area contributed by atoms with Crippen LogP contribution in [0.1, 0.15) is 0 Å². The van der Waals surface area contributed by atoms with Gasteiger partial charge in [-0.2, -0.15) is 0 Å². The van der Waals surface area contributed by atoms with E-state index in [-0.39, 0.29) is 0 Å². The Morgan fingerprint density at radius 3 is 1.04 bits per heavy atom. The molecule has 2 aliphatic rings. The molecule has 1 unspecified atom stereocenters. The maximum atomic E-state index is 7.25. The van der Waals surface area contributed by atoms with Crippen LogP contribution in [0.5, 0.6) is 0 Å². The van der Waals surface area contributed by atoms with E-state index >= 15 is 0 Å². The van der Waals surface area contributed by atoms with Gasteiger partial charge in [-0.3, -0.25) is 0 Å². The fourth-order valence-corrected chi connectivity index (χ4v) is 12.7. The first-order chi connectivity index (χ1) is 35.1. The van der Waals surface area contributed by atoms with Crippen molar-refractivity contribution < 1.29 is 0 Å². The van der Waals surface area contributed by atoms with Crippen LogP contribution in [-0.2, 0) is 0 Å². The van der Waals surface area contributed by atoms with Crippen molar-refractivity contribution in [1.29, 1.82) is 0 Å². The first-order valence-electron chi connectivity index (χ1n) is 24.0. The van der Waals surface area contributed by atoms with Gasteiger partial charge in [-0.15, -0.1) is 9.24 Å². The molecule has 2 aliphatic carbocycles. The molecule has 14 N–H and O–H groups in total. The Morgan fingerprint density at radius 2 is 0.597 bits per heavy atom. The van der Waals surface area contributed by atoms with Crippen LogP contribution in [0.4, 0.5) is 39.8 Å². The van der Waals surface area contributed by atoms with Crippen LogP contribution in [0.3, 0.4) is 0 Å². The lowest BCUT2D eigenvalue weighted by molar-refractivity contribution is 1.61. The minimum absolute atomic E-state index is 0.428.